The minimum Gasteiger partial charge on any atom is -0.481 e. The van der Waals surface area contributed by atoms with Gasteiger partial charge in [0.15, 0.2) is 0 Å². The Kier molecular flexibility index (Phi) is 5.69. The molecule has 118 valence electrons. The number of aliphatic carboxylic acids is 1. The third-order valence-electron chi connectivity index (χ3n) is 3.40. The van der Waals surface area contributed by atoms with Gasteiger partial charge >= 0.3 is 5.97 Å². The fraction of sp³-hybridized carbons (Fsp3) is 0.158. The predicted octanol–water partition coefficient (Wildman–Crippen LogP) is 3.34. The van der Waals surface area contributed by atoms with E-state index in [-0.39, 0.29) is 12.3 Å². The molecule has 2 aromatic carbocycles. The maximum atomic E-state index is 12.1. The summed E-state index contributed by atoms with van der Waals surface area (Å²) in [4.78, 5) is 23.1. The molecule has 1 amide bonds. The summed E-state index contributed by atoms with van der Waals surface area (Å²) in [5, 5.41) is 11.8. The number of carboxylic acid groups (broad SMARTS) is 1. The lowest BCUT2D eigenvalue weighted by Gasteiger charge is -2.16. The molecule has 0 saturated carbocycles. The Bertz CT molecular complexity index is 690. The number of hydrogen-bond donors (Lipinski definition) is 2. The zero-order valence-corrected chi connectivity index (χ0v) is 12.9. The summed E-state index contributed by atoms with van der Waals surface area (Å²) in [6.45, 7) is 1.96. The van der Waals surface area contributed by atoms with Crippen molar-refractivity contribution in [2.45, 2.75) is 19.4 Å². The highest BCUT2D eigenvalue weighted by atomic mass is 16.4. The normalized spacial score (nSPS) is 12.0. The van der Waals surface area contributed by atoms with Crippen LogP contribution >= 0.6 is 0 Å². The van der Waals surface area contributed by atoms with Crippen LogP contribution in [-0.2, 0) is 9.59 Å². The van der Waals surface area contributed by atoms with Gasteiger partial charge in [0.1, 0.15) is 0 Å². The van der Waals surface area contributed by atoms with Crippen LogP contribution in [0.3, 0.4) is 0 Å². The number of rotatable bonds is 6. The highest BCUT2D eigenvalue weighted by Gasteiger charge is 2.16. The molecule has 0 bridgehead atoms. The molecule has 23 heavy (non-hydrogen) atoms. The quantitative estimate of drug-likeness (QED) is 0.804. The van der Waals surface area contributed by atoms with Gasteiger partial charge in [-0.3, -0.25) is 9.59 Å². The zero-order valence-electron chi connectivity index (χ0n) is 12.9. The van der Waals surface area contributed by atoms with E-state index in [1.165, 1.54) is 6.08 Å². The number of carbonyl (C=O) groups excluding carboxylic acids is 1. The average Bonchev–Trinajstić information content (AvgIpc) is 2.53. The molecule has 0 aliphatic rings. The third kappa shape index (κ3) is 5.43. The van der Waals surface area contributed by atoms with Crippen molar-refractivity contribution in [3.8, 4) is 0 Å². The molecule has 0 aliphatic heterocycles. The molecule has 1 unspecified atom stereocenters. The molecule has 0 fully saturated rings. The number of amides is 1. The standard InChI is InChI=1S/C19H19NO3/c1-14-7-10-16(11-8-14)17(13-19(22)23)20-18(21)12-9-15-5-3-2-4-6-15/h2-12,17H,13H2,1H3,(H,20,21)(H,22,23)/b12-9+. The fourth-order valence-corrected chi connectivity index (χ4v) is 2.18. The first-order valence-corrected chi connectivity index (χ1v) is 7.36. The van der Waals surface area contributed by atoms with Gasteiger partial charge in [0.2, 0.25) is 5.91 Å². The fourth-order valence-electron chi connectivity index (χ4n) is 2.18. The number of hydrogen-bond acceptors (Lipinski definition) is 2. The monoisotopic (exact) mass is 309 g/mol. The molecule has 1 atom stereocenters. The number of nitrogens with one attached hydrogen (secondary N) is 1. The van der Waals surface area contributed by atoms with E-state index in [4.69, 9.17) is 5.11 Å². The molecule has 2 N–H and O–H groups in total. The molecule has 4 heteroatoms. The molecule has 0 radical (unpaired) electrons. The van der Waals surface area contributed by atoms with Gasteiger partial charge < -0.3 is 10.4 Å². The van der Waals surface area contributed by atoms with E-state index in [9.17, 15) is 9.59 Å². The van der Waals surface area contributed by atoms with Gasteiger partial charge in [-0.1, -0.05) is 60.2 Å². The third-order valence-corrected chi connectivity index (χ3v) is 3.40. The Morgan fingerprint density at radius 3 is 2.35 bits per heavy atom. The lowest BCUT2D eigenvalue weighted by Crippen LogP contribution is -2.28. The van der Waals surface area contributed by atoms with Crippen molar-refractivity contribution in [2.24, 2.45) is 0 Å². The molecular formula is C19H19NO3. The van der Waals surface area contributed by atoms with Crippen LogP contribution in [0.1, 0.15) is 29.2 Å². The predicted molar refractivity (Wildman–Crippen MR) is 89.8 cm³/mol. The summed E-state index contributed by atoms with van der Waals surface area (Å²) >= 11 is 0. The van der Waals surface area contributed by atoms with Crippen molar-refractivity contribution in [3.63, 3.8) is 0 Å². The smallest absolute Gasteiger partial charge is 0.305 e. The number of aryl methyl sites for hydroxylation is 1. The van der Waals surface area contributed by atoms with E-state index in [0.717, 1.165) is 16.7 Å². The van der Waals surface area contributed by atoms with Crippen LogP contribution in [0.15, 0.2) is 60.7 Å². The van der Waals surface area contributed by atoms with Crippen LogP contribution in [0, 0.1) is 6.92 Å². The van der Waals surface area contributed by atoms with Gasteiger partial charge in [0, 0.05) is 6.08 Å². The van der Waals surface area contributed by atoms with Crippen molar-refractivity contribution in [2.75, 3.05) is 0 Å². The van der Waals surface area contributed by atoms with E-state index < -0.39 is 12.0 Å². The van der Waals surface area contributed by atoms with Crippen LogP contribution in [-0.4, -0.2) is 17.0 Å². The van der Waals surface area contributed by atoms with Crippen molar-refractivity contribution in [1.82, 2.24) is 5.32 Å². The van der Waals surface area contributed by atoms with Crippen LogP contribution in [0.4, 0.5) is 0 Å². The molecule has 0 aromatic heterocycles. The molecule has 2 aromatic rings. The second kappa shape index (κ2) is 7.94. The van der Waals surface area contributed by atoms with Gasteiger partial charge in [-0.25, -0.2) is 0 Å². The Morgan fingerprint density at radius 2 is 1.74 bits per heavy atom. The van der Waals surface area contributed by atoms with Gasteiger partial charge in [0.05, 0.1) is 12.5 Å². The number of benzene rings is 2. The largest absolute Gasteiger partial charge is 0.481 e. The summed E-state index contributed by atoms with van der Waals surface area (Å²) in [6.07, 6.45) is 2.95. The summed E-state index contributed by atoms with van der Waals surface area (Å²) in [6, 6.07) is 16.4. The lowest BCUT2D eigenvalue weighted by atomic mass is 10.0. The Hall–Kier alpha value is -2.88. The SMILES string of the molecule is Cc1ccc(C(CC(=O)O)NC(=O)/C=C/c2ccccc2)cc1. The van der Waals surface area contributed by atoms with Crippen molar-refractivity contribution < 1.29 is 14.7 Å². The molecular weight excluding hydrogens is 290 g/mol. The molecule has 0 aliphatic carbocycles. The summed E-state index contributed by atoms with van der Waals surface area (Å²) in [7, 11) is 0. The number of carbonyl (C=O) groups is 2. The average molecular weight is 309 g/mol. The summed E-state index contributed by atoms with van der Waals surface area (Å²) in [5.74, 6) is -1.27. The van der Waals surface area contributed by atoms with E-state index in [2.05, 4.69) is 5.32 Å². The van der Waals surface area contributed by atoms with Crippen LogP contribution in [0.5, 0.6) is 0 Å². The van der Waals surface area contributed by atoms with Gasteiger partial charge in [0.25, 0.3) is 0 Å². The van der Waals surface area contributed by atoms with Crippen LogP contribution in [0.2, 0.25) is 0 Å². The minimum atomic E-state index is -0.956. The first-order chi connectivity index (χ1) is 11.0. The highest BCUT2D eigenvalue weighted by molar-refractivity contribution is 5.92. The minimum absolute atomic E-state index is 0.159. The topological polar surface area (TPSA) is 66.4 Å². The van der Waals surface area contributed by atoms with E-state index in [0.29, 0.717) is 0 Å². The Morgan fingerprint density at radius 1 is 1.09 bits per heavy atom. The lowest BCUT2D eigenvalue weighted by molar-refractivity contribution is -0.137. The highest BCUT2D eigenvalue weighted by Crippen LogP contribution is 2.17. The molecule has 4 nitrogen and oxygen atoms in total. The molecule has 0 spiro atoms. The van der Waals surface area contributed by atoms with E-state index in [1.54, 1.807) is 6.08 Å². The van der Waals surface area contributed by atoms with Crippen molar-refractivity contribution in [1.29, 1.82) is 0 Å². The van der Waals surface area contributed by atoms with Gasteiger partial charge in [-0.05, 0) is 24.1 Å². The summed E-state index contributed by atoms with van der Waals surface area (Å²) in [5.41, 5.74) is 2.77. The Labute approximate surface area is 135 Å². The summed E-state index contributed by atoms with van der Waals surface area (Å²) < 4.78 is 0. The van der Waals surface area contributed by atoms with E-state index in [1.807, 2.05) is 61.5 Å². The molecule has 0 saturated heterocycles. The van der Waals surface area contributed by atoms with Crippen LogP contribution in [0.25, 0.3) is 6.08 Å². The maximum Gasteiger partial charge on any atom is 0.305 e. The van der Waals surface area contributed by atoms with Gasteiger partial charge in [-0.15, -0.1) is 0 Å². The Balaban J connectivity index is 2.08. The van der Waals surface area contributed by atoms with Crippen molar-refractivity contribution >= 4 is 18.0 Å². The van der Waals surface area contributed by atoms with E-state index >= 15 is 0 Å². The van der Waals surface area contributed by atoms with Crippen LogP contribution < -0.4 is 5.32 Å². The first kappa shape index (κ1) is 16.5. The second-order valence-corrected chi connectivity index (χ2v) is 5.31. The van der Waals surface area contributed by atoms with Gasteiger partial charge in [-0.2, -0.15) is 0 Å². The maximum absolute atomic E-state index is 12.1. The molecule has 2 rings (SSSR count). The molecule has 0 heterocycles. The first-order valence-electron chi connectivity index (χ1n) is 7.36. The van der Waals surface area contributed by atoms with Crippen molar-refractivity contribution in [3.05, 3.63) is 77.4 Å². The zero-order chi connectivity index (χ0) is 16.7. The number of carboxylic acids is 1. The second-order valence-electron chi connectivity index (χ2n) is 5.31.